The van der Waals surface area contributed by atoms with Gasteiger partial charge in [0, 0.05) is 6.42 Å². The molecule has 12 N–H and O–H groups in total. The van der Waals surface area contributed by atoms with Crippen molar-refractivity contribution >= 4 is 5.91 Å². The third-order valence-corrected chi connectivity index (χ3v) is 17.2. The first-order valence-electron chi connectivity index (χ1n) is 33.3. The molecular weight excluding hydrogens is 1060 g/mol. The first-order valence-corrected chi connectivity index (χ1v) is 33.3. The number of aliphatic hydroxyl groups excluding tert-OH is 11. The molecule has 3 aliphatic rings. The highest BCUT2D eigenvalue weighted by molar-refractivity contribution is 5.76. The van der Waals surface area contributed by atoms with Gasteiger partial charge in [-0.3, -0.25) is 4.79 Å². The average molecular weight is 1180 g/mol. The second-order valence-corrected chi connectivity index (χ2v) is 24.3. The predicted octanol–water partition coefficient (Wildman–Crippen LogP) is 7.55. The number of nitrogens with one attached hydrogen (secondary N) is 1. The van der Waals surface area contributed by atoms with Crippen molar-refractivity contribution in [1.82, 2.24) is 5.32 Å². The van der Waals surface area contributed by atoms with Crippen molar-refractivity contribution in [2.75, 3.05) is 26.4 Å². The quantitative estimate of drug-likeness (QED) is 0.0262. The van der Waals surface area contributed by atoms with E-state index in [4.69, 9.17) is 28.4 Å². The summed E-state index contributed by atoms with van der Waals surface area (Å²) in [6.07, 6.45) is 20.6. The van der Waals surface area contributed by atoms with Gasteiger partial charge in [-0.1, -0.05) is 245 Å². The number of unbranched alkanes of at least 4 members (excludes halogenated alkanes) is 35. The molecule has 19 heteroatoms. The molecule has 0 aliphatic carbocycles. The predicted molar refractivity (Wildman–Crippen MR) is 314 cm³/mol. The van der Waals surface area contributed by atoms with Crippen LogP contribution in [0.25, 0.3) is 0 Å². The Morgan fingerprint density at radius 3 is 1.06 bits per heavy atom. The fraction of sp³-hybridized carbons (Fsp3) is 0.984. The lowest BCUT2D eigenvalue weighted by Crippen LogP contribution is -2.66. The number of hydrogen-bond acceptors (Lipinski definition) is 18. The number of carbonyl (C=O) groups is 1. The summed E-state index contributed by atoms with van der Waals surface area (Å²) in [4.78, 5) is 13.4. The van der Waals surface area contributed by atoms with Crippen LogP contribution >= 0.6 is 0 Å². The number of aliphatic hydroxyl groups is 11. The highest BCUT2D eigenvalue weighted by Crippen LogP contribution is 2.33. The molecule has 1 amide bonds. The van der Waals surface area contributed by atoms with Gasteiger partial charge in [0.15, 0.2) is 18.9 Å². The van der Waals surface area contributed by atoms with Crippen molar-refractivity contribution in [2.45, 2.75) is 369 Å². The van der Waals surface area contributed by atoms with Crippen LogP contribution in [0, 0.1) is 0 Å². The number of carbonyl (C=O) groups excluding carboxylic acids is 1. The summed E-state index contributed by atoms with van der Waals surface area (Å²) in [5.74, 6) is -0.237. The lowest BCUT2D eigenvalue weighted by molar-refractivity contribution is -0.379. The van der Waals surface area contributed by atoms with E-state index in [9.17, 15) is 61.0 Å². The van der Waals surface area contributed by atoms with Crippen molar-refractivity contribution in [3.8, 4) is 0 Å². The molecule has 19 nitrogen and oxygen atoms in total. The molecular formula is C63H121NO18. The van der Waals surface area contributed by atoms with Crippen LogP contribution in [0.3, 0.4) is 0 Å². The molecule has 0 radical (unpaired) electrons. The monoisotopic (exact) mass is 1180 g/mol. The summed E-state index contributed by atoms with van der Waals surface area (Å²) in [6.45, 7) is 1.81. The van der Waals surface area contributed by atoms with Crippen LogP contribution in [-0.2, 0) is 33.2 Å². The Labute approximate surface area is 493 Å². The Hall–Kier alpha value is -1.21. The summed E-state index contributed by atoms with van der Waals surface area (Å²) in [6, 6.07) is -0.880. The molecule has 0 spiro atoms. The van der Waals surface area contributed by atoms with Gasteiger partial charge in [-0.15, -0.1) is 0 Å². The highest BCUT2D eigenvalue weighted by atomic mass is 16.8. The van der Waals surface area contributed by atoms with Crippen LogP contribution < -0.4 is 5.32 Å². The smallest absolute Gasteiger partial charge is 0.220 e. The molecule has 17 unspecified atom stereocenters. The van der Waals surface area contributed by atoms with E-state index < -0.39 is 124 Å². The fourth-order valence-electron chi connectivity index (χ4n) is 11.7. The Morgan fingerprint density at radius 2 is 0.695 bits per heavy atom. The Bertz CT molecular complexity index is 1500. The molecule has 17 atom stereocenters. The number of hydrogen-bond donors (Lipinski definition) is 12. The fourth-order valence-corrected chi connectivity index (χ4v) is 11.7. The molecule has 3 rings (SSSR count). The Kier molecular flexibility index (Phi) is 42.9. The van der Waals surface area contributed by atoms with Crippen LogP contribution in [0.1, 0.15) is 264 Å². The van der Waals surface area contributed by atoms with Gasteiger partial charge in [-0.25, -0.2) is 0 Å². The molecule has 3 heterocycles. The molecule has 0 bridgehead atoms. The van der Waals surface area contributed by atoms with E-state index in [1.807, 2.05) is 0 Å². The molecule has 82 heavy (non-hydrogen) atoms. The van der Waals surface area contributed by atoms with E-state index in [1.54, 1.807) is 0 Å². The van der Waals surface area contributed by atoms with Gasteiger partial charge < -0.3 is 89.9 Å². The van der Waals surface area contributed by atoms with E-state index in [2.05, 4.69) is 19.2 Å². The maximum absolute atomic E-state index is 13.4. The van der Waals surface area contributed by atoms with Gasteiger partial charge in [-0.05, 0) is 12.8 Å². The minimum Gasteiger partial charge on any atom is -0.394 e. The standard InChI is InChI=1S/C63H121NO18/c1-3-5-7-9-11-13-15-17-18-19-20-21-22-23-24-25-26-27-28-29-31-33-35-37-39-41-51(69)64-46(47(68)40-38-36-34-32-30-16-14-12-10-8-6-4-2)45-77-61-57(75)54(72)59(49(43-66)79-61)82-63-58(76)55(73)60(50(44-67)80-63)81-62-56(74)53(71)52(70)48(42-65)78-62/h46-50,52-63,65-68,70-76H,3-45H2,1-2H3,(H,64,69). The Morgan fingerprint density at radius 1 is 0.390 bits per heavy atom. The molecule has 3 aliphatic heterocycles. The molecule has 0 aromatic carbocycles. The Balaban J connectivity index is 1.40. The summed E-state index contributed by atoms with van der Waals surface area (Å²) in [5.41, 5.74) is 0. The summed E-state index contributed by atoms with van der Waals surface area (Å²) >= 11 is 0. The maximum Gasteiger partial charge on any atom is 0.220 e. The van der Waals surface area contributed by atoms with E-state index in [0.29, 0.717) is 12.8 Å². The van der Waals surface area contributed by atoms with Crippen molar-refractivity contribution in [1.29, 1.82) is 0 Å². The van der Waals surface area contributed by atoms with Gasteiger partial charge in [0.05, 0.1) is 38.6 Å². The van der Waals surface area contributed by atoms with Crippen molar-refractivity contribution in [3.63, 3.8) is 0 Å². The van der Waals surface area contributed by atoms with Crippen LogP contribution in [0.15, 0.2) is 0 Å². The normalized spacial score (nSPS) is 29.5. The van der Waals surface area contributed by atoms with Crippen LogP contribution in [0.5, 0.6) is 0 Å². The number of ether oxygens (including phenoxy) is 6. The minimum atomic E-state index is -1.97. The summed E-state index contributed by atoms with van der Waals surface area (Å²) < 4.78 is 34.3. The SMILES string of the molecule is CCCCCCCCCCCCCCCCCCCCCCCCCCCC(=O)NC(COC1OC(CO)C(OC2OC(CO)C(OC3OC(CO)C(O)C(O)C3O)C(O)C2O)C(O)C1O)C(O)CCCCCCCCCCCCCC. The highest BCUT2D eigenvalue weighted by Gasteiger charge is 2.53. The minimum absolute atomic E-state index is 0.237. The molecule has 486 valence electrons. The van der Waals surface area contributed by atoms with E-state index in [-0.39, 0.29) is 18.9 Å². The number of rotatable bonds is 51. The van der Waals surface area contributed by atoms with E-state index >= 15 is 0 Å². The van der Waals surface area contributed by atoms with Crippen LogP contribution in [0.4, 0.5) is 0 Å². The zero-order chi connectivity index (χ0) is 59.7. The lowest BCUT2D eigenvalue weighted by Gasteiger charge is -2.48. The first kappa shape index (κ1) is 75.0. The molecule has 3 fully saturated rings. The largest absolute Gasteiger partial charge is 0.394 e. The van der Waals surface area contributed by atoms with Gasteiger partial charge in [0.2, 0.25) is 5.91 Å². The third-order valence-electron chi connectivity index (χ3n) is 17.2. The second kappa shape index (κ2) is 46.9. The third kappa shape index (κ3) is 29.7. The van der Waals surface area contributed by atoms with Crippen LogP contribution in [0.2, 0.25) is 0 Å². The molecule has 0 aromatic heterocycles. The zero-order valence-electron chi connectivity index (χ0n) is 51.0. The molecule has 0 saturated carbocycles. The van der Waals surface area contributed by atoms with Crippen molar-refractivity contribution in [3.05, 3.63) is 0 Å². The van der Waals surface area contributed by atoms with Gasteiger partial charge in [-0.2, -0.15) is 0 Å². The van der Waals surface area contributed by atoms with E-state index in [0.717, 1.165) is 44.9 Å². The summed E-state index contributed by atoms with van der Waals surface area (Å²) in [7, 11) is 0. The zero-order valence-corrected chi connectivity index (χ0v) is 51.0. The first-order chi connectivity index (χ1) is 39.8. The molecule has 0 aromatic rings. The second-order valence-electron chi connectivity index (χ2n) is 24.3. The van der Waals surface area contributed by atoms with Gasteiger partial charge in [0.1, 0.15) is 73.2 Å². The molecule has 3 saturated heterocycles. The average Bonchev–Trinajstić information content (AvgIpc) is 3.59. The maximum atomic E-state index is 13.4. The number of amides is 1. The van der Waals surface area contributed by atoms with Gasteiger partial charge in [0.25, 0.3) is 0 Å². The van der Waals surface area contributed by atoms with E-state index in [1.165, 1.54) is 186 Å². The van der Waals surface area contributed by atoms with Crippen molar-refractivity contribution < 1.29 is 89.4 Å². The lowest BCUT2D eigenvalue weighted by atomic mass is 9.96. The van der Waals surface area contributed by atoms with Gasteiger partial charge >= 0.3 is 0 Å². The topological polar surface area (TPSA) is 307 Å². The summed E-state index contributed by atoms with van der Waals surface area (Å²) in [5, 5.41) is 120. The van der Waals surface area contributed by atoms with Crippen molar-refractivity contribution in [2.24, 2.45) is 0 Å². The van der Waals surface area contributed by atoms with Crippen LogP contribution in [-0.4, -0.2) is 193 Å².